The van der Waals surface area contributed by atoms with Gasteiger partial charge in [0.2, 0.25) is 0 Å². The van der Waals surface area contributed by atoms with E-state index in [4.69, 9.17) is 4.74 Å². The number of anilines is 1. The molecule has 2 fully saturated rings. The Bertz CT molecular complexity index is 899. The van der Waals surface area contributed by atoms with E-state index in [1.54, 1.807) is 0 Å². The van der Waals surface area contributed by atoms with Crippen molar-refractivity contribution in [3.05, 3.63) is 47.7 Å². The van der Waals surface area contributed by atoms with Crippen LogP contribution < -0.4 is 9.64 Å². The van der Waals surface area contributed by atoms with E-state index in [2.05, 4.69) is 4.98 Å². The average Bonchev–Trinajstić information content (AvgIpc) is 2.92. The quantitative estimate of drug-likeness (QED) is 0.660. The number of aromatic hydroxyl groups is 1. The molecule has 1 aromatic heterocycles. The van der Waals surface area contributed by atoms with Gasteiger partial charge in [0, 0.05) is 31.1 Å². The minimum absolute atomic E-state index is 0.00502. The van der Waals surface area contributed by atoms with E-state index < -0.39 is 29.2 Å². The summed E-state index contributed by atoms with van der Waals surface area (Å²) in [6.45, 7) is 0. The fourth-order valence-electron chi connectivity index (χ4n) is 4.28. The van der Waals surface area contributed by atoms with Gasteiger partial charge in [-0.25, -0.2) is 4.98 Å². The number of halogens is 6. The lowest BCUT2D eigenvalue weighted by molar-refractivity contribution is -0.138. The molecule has 2 bridgehead atoms. The predicted molar refractivity (Wildman–Crippen MR) is 95.3 cm³/mol. The molecule has 0 saturated carbocycles. The second-order valence-electron chi connectivity index (χ2n) is 7.59. The zero-order valence-corrected chi connectivity index (χ0v) is 15.5. The summed E-state index contributed by atoms with van der Waals surface area (Å²) in [5.41, 5.74) is -1.77. The highest BCUT2D eigenvalue weighted by atomic mass is 19.4. The zero-order chi connectivity index (χ0) is 21.7. The maximum absolute atomic E-state index is 12.8. The van der Waals surface area contributed by atoms with Crippen molar-refractivity contribution in [1.82, 2.24) is 4.98 Å². The first-order valence-electron chi connectivity index (χ1n) is 9.41. The maximum atomic E-state index is 12.8. The van der Waals surface area contributed by atoms with Crippen LogP contribution in [-0.4, -0.2) is 28.3 Å². The number of pyridine rings is 1. The van der Waals surface area contributed by atoms with Gasteiger partial charge in [-0.3, -0.25) is 0 Å². The number of phenols is 1. The van der Waals surface area contributed by atoms with Crippen LogP contribution in [0.2, 0.25) is 0 Å². The topological polar surface area (TPSA) is 45.6 Å². The molecule has 2 atom stereocenters. The summed E-state index contributed by atoms with van der Waals surface area (Å²) in [5.74, 6) is -0.135. The number of ether oxygens (including phenoxy) is 1. The molecule has 2 aliphatic heterocycles. The molecule has 1 N–H and O–H groups in total. The number of piperidine rings is 1. The molecule has 0 radical (unpaired) electrons. The Morgan fingerprint density at radius 1 is 0.900 bits per heavy atom. The van der Waals surface area contributed by atoms with Crippen LogP contribution in [-0.2, 0) is 12.4 Å². The summed E-state index contributed by atoms with van der Waals surface area (Å²) in [5, 5.41) is 9.92. The van der Waals surface area contributed by atoms with E-state index in [-0.39, 0.29) is 23.9 Å². The monoisotopic (exact) mass is 432 g/mol. The number of benzene rings is 1. The Labute approximate surface area is 168 Å². The summed E-state index contributed by atoms with van der Waals surface area (Å²) in [7, 11) is 0. The summed E-state index contributed by atoms with van der Waals surface area (Å²) >= 11 is 0. The van der Waals surface area contributed by atoms with Crippen LogP contribution in [0.5, 0.6) is 11.5 Å². The molecular formula is C20H18F6N2O2. The SMILES string of the molecule is Oc1cc(C(F)(F)F)ccc1OC1CC2CCC(C1)N2c1ccc(C(F)(F)F)cn1. The zero-order valence-electron chi connectivity index (χ0n) is 15.5. The normalized spacial score (nSPS) is 24.2. The molecule has 2 unspecified atom stereocenters. The standard InChI is InChI=1S/C20H18F6N2O2/c21-19(22,23)11-1-5-17(16(29)7-11)30-15-8-13-3-4-14(9-15)28(13)18-6-2-12(10-27-18)20(24,25)26/h1-2,5-7,10,13-15,29H,3-4,8-9H2. The van der Waals surface area contributed by atoms with Crippen molar-refractivity contribution >= 4 is 5.82 Å². The number of aromatic nitrogens is 1. The highest BCUT2D eigenvalue weighted by Crippen LogP contribution is 2.42. The van der Waals surface area contributed by atoms with Crippen molar-refractivity contribution in [3.63, 3.8) is 0 Å². The van der Waals surface area contributed by atoms with E-state index in [0.29, 0.717) is 24.7 Å². The lowest BCUT2D eigenvalue weighted by atomic mass is 9.99. The summed E-state index contributed by atoms with van der Waals surface area (Å²) < 4.78 is 82.2. The van der Waals surface area contributed by atoms with Gasteiger partial charge in [0.15, 0.2) is 11.5 Å². The van der Waals surface area contributed by atoms with Crippen molar-refractivity contribution in [2.75, 3.05) is 4.90 Å². The summed E-state index contributed by atoms with van der Waals surface area (Å²) in [6.07, 6.45) is -5.84. The Kier molecular flexibility index (Phi) is 4.98. The Balaban J connectivity index is 1.46. The highest BCUT2D eigenvalue weighted by Gasteiger charge is 2.43. The van der Waals surface area contributed by atoms with Crippen molar-refractivity contribution in [2.24, 2.45) is 0 Å². The number of phenolic OH excluding ortho intramolecular Hbond substituents is 1. The van der Waals surface area contributed by atoms with Gasteiger partial charge >= 0.3 is 12.4 Å². The number of nitrogens with zero attached hydrogens (tertiary/aromatic N) is 2. The molecule has 1 aromatic carbocycles. The van der Waals surface area contributed by atoms with Gasteiger partial charge in [0.1, 0.15) is 11.9 Å². The average molecular weight is 432 g/mol. The summed E-state index contributed by atoms with van der Waals surface area (Å²) in [6, 6.07) is 4.94. The lowest BCUT2D eigenvalue weighted by Gasteiger charge is -2.39. The van der Waals surface area contributed by atoms with Gasteiger partial charge in [-0.15, -0.1) is 0 Å². The van der Waals surface area contributed by atoms with Gasteiger partial charge in [0.25, 0.3) is 0 Å². The second-order valence-corrected chi connectivity index (χ2v) is 7.59. The molecule has 0 aliphatic carbocycles. The highest BCUT2D eigenvalue weighted by molar-refractivity contribution is 5.46. The van der Waals surface area contributed by atoms with Gasteiger partial charge in [-0.05, 0) is 43.2 Å². The van der Waals surface area contributed by atoms with Crippen LogP contribution >= 0.6 is 0 Å². The number of rotatable bonds is 3. The first-order valence-corrected chi connectivity index (χ1v) is 9.41. The lowest BCUT2D eigenvalue weighted by Crippen LogP contribution is -2.46. The van der Waals surface area contributed by atoms with E-state index in [0.717, 1.165) is 37.2 Å². The molecule has 2 aromatic rings. The molecular weight excluding hydrogens is 414 g/mol. The Hall–Kier alpha value is -2.65. The van der Waals surface area contributed by atoms with Crippen molar-refractivity contribution in [1.29, 1.82) is 0 Å². The van der Waals surface area contributed by atoms with E-state index >= 15 is 0 Å². The van der Waals surface area contributed by atoms with Gasteiger partial charge in [-0.2, -0.15) is 26.3 Å². The van der Waals surface area contributed by atoms with Crippen molar-refractivity contribution < 1.29 is 36.2 Å². The fraction of sp³-hybridized carbons (Fsp3) is 0.450. The minimum Gasteiger partial charge on any atom is -0.504 e. The van der Waals surface area contributed by atoms with Crippen LogP contribution in [0, 0.1) is 0 Å². The van der Waals surface area contributed by atoms with Crippen molar-refractivity contribution in [3.8, 4) is 11.5 Å². The molecule has 0 amide bonds. The molecule has 30 heavy (non-hydrogen) atoms. The largest absolute Gasteiger partial charge is 0.504 e. The third-order valence-corrected chi connectivity index (χ3v) is 5.61. The predicted octanol–water partition coefficient (Wildman–Crippen LogP) is 5.40. The third-order valence-electron chi connectivity index (χ3n) is 5.61. The Morgan fingerprint density at radius 2 is 1.50 bits per heavy atom. The van der Waals surface area contributed by atoms with Gasteiger partial charge in [-0.1, -0.05) is 0 Å². The first-order chi connectivity index (χ1) is 14.0. The van der Waals surface area contributed by atoms with Gasteiger partial charge in [0.05, 0.1) is 11.1 Å². The van der Waals surface area contributed by atoms with Crippen LogP contribution in [0.4, 0.5) is 32.2 Å². The third kappa shape index (κ3) is 3.99. The molecule has 0 spiro atoms. The molecule has 2 aliphatic rings. The molecule has 162 valence electrons. The molecule has 4 rings (SSSR count). The van der Waals surface area contributed by atoms with Crippen LogP contribution in [0.3, 0.4) is 0 Å². The summed E-state index contributed by atoms with van der Waals surface area (Å²) in [4.78, 5) is 5.98. The second kappa shape index (κ2) is 7.24. The van der Waals surface area contributed by atoms with Crippen molar-refractivity contribution in [2.45, 2.75) is 56.2 Å². The van der Waals surface area contributed by atoms with Gasteiger partial charge < -0.3 is 14.7 Å². The smallest absolute Gasteiger partial charge is 0.417 e. The molecule has 2 saturated heterocycles. The van der Waals surface area contributed by atoms with Crippen LogP contribution in [0.25, 0.3) is 0 Å². The number of alkyl halides is 6. The first kappa shape index (κ1) is 20.6. The van der Waals surface area contributed by atoms with Crippen LogP contribution in [0.15, 0.2) is 36.5 Å². The minimum atomic E-state index is -4.56. The maximum Gasteiger partial charge on any atom is 0.417 e. The fourth-order valence-corrected chi connectivity index (χ4v) is 4.28. The number of hydrogen-bond donors (Lipinski definition) is 1. The number of hydrogen-bond acceptors (Lipinski definition) is 4. The van der Waals surface area contributed by atoms with E-state index in [9.17, 15) is 31.4 Å². The molecule has 4 nitrogen and oxygen atoms in total. The van der Waals surface area contributed by atoms with Crippen LogP contribution in [0.1, 0.15) is 36.8 Å². The molecule has 3 heterocycles. The Morgan fingerprint density at radius 3 is 2.00 bits per heavy atom. The van der Waals surface area contributed by atoms with E-state index in [1.165, 1.54) is 6.07 Å². The number of fused-ring (bicyclic) bond motifs is 2. The molecule has 10 heteroatoms. The van der Waals surface area contributed by atoms with E-state index in [1.807, 2.05) is 4.90 Å².